The summed E-state index contributed by atoms with van der Waals surface area (Å²) in [7, 11) is 0. The molecule has 0 aromatic heterocycles. The highest BCUT2D eigenvalue weighted by Gasteiger charge is 2.22. The standard InChI is InChI=1S/C24H34N2O.2C2H2O4/c1-2-11-24-21(7-1)8-5-9-22(24)17-20(18-23-10-6-16-27-23)19-25-12-15-26-13-3-4-14-26;2*3-1(4)2(5)6/h1-2,5,7-9,11,20,23,25H,3-4,6,10,12-19H2;2*(H,3,4)(H,5,6). The van der Waals surface area contributed by atoms with E-state index in [2.05, 4.69) is 52.7 Å². The Hall–Kier alpha value is -3.54. The van der Waals surface area contributed by atoms with Crippen LogP contribution in [0.5, 0.6) is 0 Å². The molecule has 0 bridgehead atoms. The Kier molecular flexibility index (Phi) is 13.9. The predicted octanol–water partition coefficient (Wildman–Crippen LogP) is 2.56. The molecule has 39 heavy (non-hydrogen) atoms. The monoisotopic (exact) mass is 546 g/mol. The van der Waals surface area contributed by atoms with Crippen LogP contribution in [0.25, 0.3) is 10.8 Å². The van der Waals surface area contributed by atoms with Gasteiger partial charge in [0.15, 0.2) is 0 Å². The van der Waals surface area contributed by atoms with Gasteiger partial charge in [0.2, 0.25) is 0 Å². The number of nitrogens with one attached hydrogen (secondary N) is 1. The third kappa shape index (κ3) is 12.2. The lowest BCUT2D eigenvalue weighted by molar-refractivity contribution is -0.159. The molecule has 11 nitrogen and oxygen atoms in total. The van der Waals surface area contributed by atoms with Gasteiger partial charge in [0.05, 0.1) is 6.10 Å². The number of fused-ring (bicyclic) bond motifs is 1. The van der Waals surface area contributed by atoms with Crippen LogP contribution in [0.2, 0.25) is 0 Å². The van der Waals surface area contributed by atoms with E-state index in [4.69, 9.17) is 44.3 Å². The fourth-order valence-corrected chi connectivity index (χ4v) is 4.77. The molecule has 4 rings (SSSR count). The number of nitrogens with zero attached hydrogens (tertiary/aromatic N) is 1. The smallest absolute Gasteiger partial charge is 0.414 e. The van der Waals surface area contributed by atoms with Gasteiger partial charge < -0.3 is 35.4 Å². The highest BCUT2D eigenvalue weighted by molar-refractivity contribution is 6.27. The van der Waals surface area contributed by atoms with Crippen molar-refractivity contribution in [2.24, 2.45) is 5.92 Å². The molecule has 2 heterocycles. The van der Waals surface area contributed by atoms with Gasteiger partial charge in [0.1, 0.15) is 0 Å². The second-order valence-corrected chi connectivity index (χ2v) is 9.55. The van der Waals surface area contributed by atoms with Crippen LogP contribution in [0.3, 0.4) is 0 Å². The van der Waals surface area contributed by atoms with Crippen molar-refractivity contribution in [2.75, 3.05) is 39.3 Å². The SMILES string of the molecule is O=C(O)C(=O)O.O=C(O)C(=O)O.c1ccc2c(CC(CNCCN3CCCC3)CC3CCCO3)cccc2c1. The fraction of sp³-hybridized carbons (Fsp3) is 0.500. The number of carboxylic acid groups (broad SMARTS) is 4. The molecule has 2 aromatic carbocycles. The van der Waals surface area contributed by atoms with Crippen molar-refractivity contribution >= 4 is 34.6 Å². The average Bonchev–Trinajstić information content (AvgIpc) is 3.62. The molecule has 2 fully saturated rings. The Bertz CT molecular complexity index is 1030. The minimum absolute atomic E-state index is 0.463. The van der Waals surface area contributed by atoms with E-state index >= 15 is 0 Å². The van der Waals surface area contributed by atoms with Gasteiger partial charge in [-0.2, -0.15) is 0 Å². The zero-order valence-corrected chi connectivity index (χ0v) is 22.0. The number of carbonyl (C=O) groups is 4. The van der Waals surface area contributed by atoms with Gasteiger partial charge in [-0.15, -0.1) is 0 Å². The number of ether oxygens (including phenoxy) is 1. The molecule has 214 valence electrons. The average molecular weight is 547 g/mol. The lowest BCUT2D eigenvalue weighted by Crippen LogP contribution is -2.34. The number of hydrogen-bond acceptors (Lipinski definition) is 7. The zero-order chi connectivity index (χ0) is 28.6. The van der Waals surface area contributed by atoms with E-state index < -0.39 is 23.9 Å². The highest BCUT2D eigenvalue weighted by Crippen LogP contribution is 2.26. The number of aliphatic carboxylic acids is 4. The first-order valence-corrected chi connectivity index (χ1v) is 13.1. The van der Waals surface area contributed by atoms with E-state index in [1.807, 2.05) is 0 Å². The molecular formula is C28H38N2O9. The van der Waals surface area contributed by atoms with Crippen LogP contribution in [0.4, 0.5) is 0 Å². The summed E-state index contributed by atoms with van der Waals surface area (Å²) in [5, 5.41) is 36.1. The van der Waals surface area contributed by atoms with Crippen LogP contribution in [0.1, 0.15) is 37.7 Å². The molecule has 0 radical (unpaired) electrons. The second-order valence-electron chi connectivity index (χ2n) is 9.55. The van der Waals surface area contributed by atoms with Crippen LogP contribution in [0, 0.1) is 5.92 Å². The van der Waals surface area contributed by atoms with Crippen molar-refractivity contribution in [1.29, 1.82) is 0 Å². The van der Waals surface area contributed by atoms with Crippen molar-refractivity contribution in [2.45, 2.75) is 44.6 Å². The minimum atomic E-state index is -1.82. The maximum atomic E-state index is 9.10. The van der Waals surface area contributed by atoms with Crippen LogP contribution in [-0.4, -0.2) is 94.6 Å². The molecule has 2 aromatic rings. The van der Waals surface area contributed by atoms with E-state index in [0.29, 0.717) is 12.0 Å². The first-order valence-electron chi connectivity index (χ1n) is 13.1. The lowest BCUT2D eigenvalue weighted by Gasteiger charge is -2.23. The van der Waals surface area contributed by atoms with Gasteiger partial charge in [-0.25, -0.2) is 19.2 Å². The Balaban J connectivity index is 0.000000374. The molecule has 11 heteroatoms. The molecule has 2 saturated heterocycles. The molecule has 0 aliphatic carbocycles. The fourth-order valence-electron chi connectivity index (χ4n) is 4.77. The van der Waals surface area contributed by atoms with Crippen molar-refractivity contribution in [3.05, 3.63) is 48.0 Å². The summed E-state index contributed by atoms with van der Waals surface area (Å²) < 4.78 is 5.96. The molecular weight excluding hydrogens is 508 g/mol. The van der Waals surface area contributed by atoms with Crippen molar-refractivity contribution in [1.82, 2.24) is 10.2 Å². The minimum Gasteiger partial charge on any atom is -0.473 e. The van der Waals surface area contributed by atoms with E-state index in [-0.39, 0.29) is 0 Å². The number of carboxylic acids is 4. The lowest BCUT2D eigenvalue weighted by atomic mass is 9.90. The summed E-state index contributed by atoms with van der Waals surface area (Å²) in [6.07, 6.45) is 8.00. The normalized spacial score (nSPS) is 17.4. The molecule has 2 aliphatic rings. The molecule has 2 unspecified atom stereocenters. The summed E-state index contributed by atoms with van der Waals surface area (Å²) in [4.78, 5) is 39.0. The number of likely N-dealkylation sites (tertiary alicyclic amines) is 1. The molecule has 5 N–H and O–H groups in total. The van der Waals surface area contributed by atoms with E-state index in [0.717, 1.165) is 26.1 Å². The number of rotatable bonds is 9. The van der Waals surface area contributed by atoms with E-state index in [1.54, 1.807) is 0 Å². The van der Waals surface area contributed by atoms with Crippen LogP contribution in [-0.2, 0) is 30.3 Å². The zero-order valence-electron chi connectivity index (χ0n) is 22.0. The summed E-state index contributed by atoms with van der Waals surface area (Å²) in [5.74, 6) is -6.66. The van der Waals surface area contributed by atoms with Gasteiger partial charge >= 0.3 is 23.9 Å². The third-order valence-corrected chi connectivity index (χ3v) is 6.61. The quantitative estimate of drug-likeness (QED) is 0.231. The van der Waals surface area contributed by atoms with Gasteiger partial charge in [0, 0.05) is 19.7 Å². The Morgan fingerprint density at radius 1 is 0.872 bits per heavy atom. The van der Waals surface area contributed by atoms with E-state index in [1.165, 1.54) is 68.1 Å². The summed E-state index contributed by atoms with van der Waals surface area (Å²) in [6, 6.07) is 15.5. The summed E-state index contributed by atoms with van der Waals surface area (Å²) in [5.41, 5.74) is 1.48. The van der Waals surface area contributed by atoms with Crippen LogP contribution >= 0.6 is 0 Å². The molecule has 2 atom stereocenters. The molecule has 0 spiro atoms. The maximum Gasteiger partial charge on any atom is 0.414 e. The Morgan fingerprint density at radius 3 is 2.08 bits per heavy atom. The van der Waals surface area contributed by atoms with Crippen LogP contribution < -0.4 is 5.32 Å². The van der Waals surface area contributed by atoms with Crippen molar-refractivity contribution < 1.29 is 44.3 Å². The largest absolute Gasteiger partial charge is 0.473 e. The molecule has 0 saturated carbocycles. The predicted molar refractivity (Wildman–Crippen MR) is 144 cm³/mol. The van der Waals surface area contributed by atoms with E-state index in [9.17, 15) is 0 Å². The molecule has 2 aliphatic heterocycles. The van der Waals surface area contributed by atoms with Gasteiger partial charge in [-0.3, -0.25) is 0 Å². The second kappa shape index (κ2) is 17.1. The number of hydrogen-bond donors (Lipinski definition) is 5. The van der Waals surface area contributed by atoms with Crippen molar-refractivity contribution in [3.63, 3.8) is 0 Å². The van der Waals surface area contributed by atoms with Crippen LogP contribution in [0.15, 0.2) is 42.5 Å². The molecule has 0 amide bonds. The first kappa shape index (κ1) is 31.7. The maximum absolute atomic E-state index is 9.10. The third-order valence-electron chi connectivity index (χ3n) is 6.61. The Labute approximate surface area is 227 Å². The summed E-state index contributed by atoms with van der Waals surface area (Å²) >= 11 is 0. The van der Waals surface area contributed by atoms with Gasteiger partial charge in [-0.05, 0) is 80.4 Å². The van der Waals surface area contributed by atoms with Gasteiger partial charge in [0.25, 0.3) is 0 Å². The Morgan fingerprint density at radius 2 is 1.49 bits per heavy atom. The van der Waals surface area contributed by atoms with Crippen molar-refractivity contribution in [3.8, 4) is 0 Å². The first-order chi connectivity index (χ1) is 18.7. The van der Waals surface area contributed by atoms with Gasteiger partial charge in [-0.1, -0.05) is 42.5 Å². The topological polar surface area (TPSA) is 174 Å². The number of benzene rings is 2. The summed E-state index contributed by atoms with van der Waals surface area (Å²) in [6.45, 7) is 6.93. The highest BCUT2D eigenvalue weighted by atomic mass is 16.5.